The maximum Gasteiger partial charge on any atom is 0.339 e. The molecule has 0 spiro atoms. The van der Waals surface area contributed by atoms with Gasteiger partial charge in [0.05, 0.1) is 5.57 Å². The molecule has 74 valence electrons. The van der Waals surface area contributed by atoms with Crippen molar-refractivity contribution < 1.29 is 9.90 Å². The molecule has 4 heteroatoms. The number of hydrogen-bond donors (Lipinski definition) is 2. The van der Waals surface area contributed by atoms with Crippen molar-refractivity contribution in [2.24, 2.45) is 10.7 Å². The van der Waals surface area contributed by atoms with E-state index in [1.807, 2.05) is 6.92 Å². The summed E-state index contributed by atoms with van der Waals surface area (Å²) in [5.41, 5.74) is 6.11. The summed E-state index contributed by atoms with van der Waals surface area (Å²) in [6.45, 7) is 2.03. The van der Waals surface area contributed by atoms with Crippen LogP contribution < -0.4 is 5.73 Å². The lowest BCUT2D eigenvalue weighted by Gasteiger charge is -2.02. The van der Waals surface area contributed by atoms with Gasteiger partial charge in [-0.15, -0.1) is 0 Å². The number of nitrogens with two attached hydrogens (primary N) is 1. The van der Waals surface area contributed by atoms with Gasteiger partial charge in [-0.05, 0) is 12.8 Å². The molecule has 3 N–H and O–H groups in total. The first-order valence-corrected chi connectivity index (χ1v) is 4.27. The standard InChI is InChI=1S/C9H16N2O2/c1-3-4-5-8(10)7(6-11-2)9(12)13/h6H,3-5,10H2,1-2H3,(H,12,13). The van der Waals surface area contributed by atoms with Crippen molar-refractivity contribution >= 4 is 12.2 Å². The molecule has 0 atom stereocenters. The Balaban J connectivity index is 4.55. The Morgan fingerprint density at radius 1 is 1.62 bits per heavy atom. The van der Waals surface area contributed by atoms with Gasteiger partial charge >= 0.3 is 5.97 Å². The van der Waals surface area contributed by atoms with E-state index in [-0.39, 0.29) is 5.57 Å². The average molecular weight is 184 g/mol. The van der Waals surface area contributed by atoms with Crippen molar-refractivity contribution in [3.8, 4) is 0 Å². The number of aliphatic carboxylic acids is 1. The molecular weight excluding hydrogens is 168 g/mol. The number of nitrogens with zero attached hydrogens (tertiary/aromatic N) is 1. The number of carbonyl (C=O) groups is 1. The maximum atomic E-state index is 10.7. The second kappa shape index (κ2) is 6.22. The van der Waals surface area contributed by atoms with Crippen molar-refractivity contribution in [1.29, 1.82) is 0 Å². The van der Waals surface area contributed by atoms with E-state index < -0.39 is 5.97 Å². The Morgan fingerprint density at radius 3 is 2.62 bits per heavy atom. The number of carboxylic acids is 1. The third-order valence-electron chi connectivity index (χ3n) is 1.63. The number of aliphatic imine (C=N–C) groups is 1. The molecule has 0 aliphatic heterocycles. The van der Waals surface area contributed by atoms with E-state index in [9.17, 15) is 4.79 Å². The molecule has 0 amide bonds. The van der Waals surface area contributed by atoms with Crippen molar-refractivity contribution in [1.82, 2.24) is 0 Å². The molecule has 0 unspecified atom stereocenters. The lowest BCUT2D eigenvalue weighted by molar-refractivity contribution is -0.132. The predicted octanol–water partition coefficient (Wildman–Crippen LogP) is 1.17. The van der Waals surface area contributed by atoms with Crippen LogP contribution in [0.25, 0.3) is 0 Å². The summed E-state index contributed by atoms with van der Waals surface area (Å²) in [5, 5.41) is 8.74. The van der Waals surface area contributed by atoms with Gasteiger partial charge in [0, 0.05) is 19.0 Å². The molecule has 0 radical (unpaired) electrons. The quantitative estimate of drug-likeness (QED) is 0.497. The van der Waals surface area contributed by atoms with E-state index in [1.54, 1.807) is 0 Å². The summed E-state index contributed by atoms with van der Waals surface area (Å²) in [6.07, 6.45) is 3.80. The van der Waals surface area contributed by atoms with Crippen LogP contribution in [0.15, 0.2) is 16.3 Å². The van der Waals surface area contributed by atoms with Crippen molar-refractivity contribution in [2.75, 3.05) is 7.05 Å². The summed E-state index contributed by atoms with van der Waals surface area (Å²) in [4.78, 5) is 14.3. The van der Waals surface area contributed by atoms with Crippen LogP contribution in [0, 0.1) is 0 Å². The van der Waals surface area contributed by atoms with Gasteiger partial charge in [0.2, 0.25) is 0 Å². The topological polar surface area (TPSA) is 75.7 Å². The van der Waals surface area contributed by atoms with Crippen LogP contribution in [-0.2, 0) is 4.79 Å². The van der Waals surface area contributed by atoms with Crippen LogP contribution in [-0.4, -0.2) is 24.3 Å². The van der Waals surface area contributed by atoms with Gasteiger partial charge in [-0.2, -0.15) is 0 Å². The Labute approximate surface area is 78.2 Å². The maximum absolute atomic E-state index is 10.7. The Hall–Kier alpha value is -1.32. The minimum absolute atomic E-state index is 0.107. The van der Waals surface area contributed by atoms with Crippen LogP contribution in [0.3, 0.4) is 0 Å². The summed E-state index contributed by atoms with van der Waals surface area (Å²) in [6, 6.07) is 0. The number of hydrogen-bond acceptors (Lipinski definition) is 3. The van der Waals surface area contributed by atoms with Crippen molar-refractivity contribution in [3.63, 3.8) is 0 Å². The highest BCUT2D eigenvalue weighted by atomic mass is 16.4. The van der Waals surface area contributed by atoms with Gasteiger partial charge < -0.3 is 10.8 Å². The van der Waals surface area contributed by atoms with Crippen LogP contribution in [0.1, 0.15) is 26.2 Å². The molecule has 0 bridgehead atoms. The van der Waals surface area contributed by atoms with Crippen LogP contribution in [0.2, 0.25) is 0 Å². The smallest absolute Gasteiger partial charge is 0.339 e. The number of allylic oxidation sites excluding steroid dienone is 1. The first-order chi connectivity index (χ1) is 6.13. The highest BCUT2D eigenvalue weighted by Gasteiger charge is 2.08. The van der Waals surface area contributed by atoms with E-state index in [1.165, 1.54) is 13.3 Å². The van der Waals surface area contributed by atoms with E-state index in [0.717, 1.165) is 12.8 Å². The third-order valence-corrected chi connectivity index (χ3v) is 1.63. The number of unbranched alkanes of at least 4 members (excludes halogenated alkanes) is 1. The summed E-state index contributed by atoms with van der Waals surface area (Å²) in [7, 11) is 1.52. The molecule has 0 heterocycles. The first-order valence-electron chi connectivity index (χ1n) is 4.27. The molecule has 13 heavy (non-hydrogen) atoms. The largest absolute Gasteiger partial charge is 0.478 e. The van der Waals surface area contributed by atoms with E-state index in [2.05, 4.69) is 4.99 Å². The second-order valence-electron chi connectivity index (χ2n) is 2.73. The SMILES string of the molecule is CCCCC(N)=C(C=NC)C(=O)O. The summed E-state index contributed by atoms with van der Waals surface area (Å²) >= 11 is 0. The molecular formula is C9H16N2O2. The number of rotatable bonds is 5. The third kappa shape index (κ3) is 4.30. The van der Waals surface area contributed by atoms with Gasteiger partial charge in [-0.1, -0.05) is 13.3 Å². The molecule has 0 saturated carbocycles. The molecule has 0 aromatic heterocycles. The average Bonchev–Trinajstić information content (AvgIpc) is 2.09. The van der Waals surface area contributed by atoms with Gasteiger partial charge in [0.25, 0.3) is 0 Å². The monoisotopic (exact) mass is 184 g/mol. The minimum atomic E-state index is -1.01. The fourth-order valence-corrected chi connectivity index (χ4v) is 0.906. The highest BCUT2D eigenvalue weighted by Crippen LogP contribution is 2.06. The van der Waals surface area contributed by atoms with Gasteiger partial charge in [-0.25, -0.2) is 4.79 Å². The molecule has 0 saturated heterocycles. The normalized spacial score (nSPS) is 13.1. The van der Waals surface area contributed by atoms with Crippen molar-refractivity contribution in [3.05, 3.63) is 11.3 Å². The van der Waals surface area contributed by atoms with E-state index >= 15 is 0 Å². The molecule has 0 aliphatic rings. The van der Waals surface area contributed by atoms with Gasteiger partial charge in [-0.3, -0.25) is 4.99 Å². The highest BCUT2D eigenvalue weighted by molar-refractivity contribution is 6.09. The minimum Gasteiger partial charge on any atom is -0.478 e. The molecule has 0 aliphatic carbocycles. The Bertz CT molecular complexity index is 232. The summed E-state index contributed by atoms with van der Waals surface area (Å²) < 4.78 is 0. The molecule has 4 nitrogen and oxygen atoms in total. The zero-order valence-electron chi connectivity index (χ0n) is 8.08. The lowest BCUT2D eigenvalue weighted by atomic mass is 10.1. The number of carboxylic acid groups (broad SMARTS) is 1. The predicted molar refractivity (Wildman–Crippen MR) is 52.8 cm³/mol. The lowest BCUT2D eigenvalue weighted by Crippen LogP contribution is -2.11. The Morgan fingerprint density at radius 2 is 2.23 bits per heavy atom. The van der Waals surface area contributed by atoms with Gasteiger partial charge in [0.15, 0.2) is 0 Å². The second-order valence-corrected chi connectivity index (χ2v) is 2.73. The van der Waals surface area contributed by atoms with Crippen molar-refractivity contribution in [2.45, 2.75) is 26.2 Å². The fraction of sp³-hybridized carbons (Fsp3) is 0.556. The van der Waals surface area contributed by atoms with Crippen LogP contribution >= 0.6 is 0 Å². The Kier molecular flexibility index (Phi) is 5.59. The fourth-order valence-electron chi connectivity index (χ4n) is 0.906. The first kappa shape index (κ1) is 11.7. The van der Waals surface area contributed by atoms with E-state index in [4.69, 9.17) is 10.8 Å². The molecule has 0 aromatic carbocycles. The van der Waals surface area contributed by atoms with Gasteiger partial charge in [0.1, 0.15) is 0 Å². The molecule has 0 rings (SSSR count). The molecule has 0 fully saturated rings. The zero-order valence-corrected chi connectivity index (χ0v) is 8.08. The molecule has 0 aromatic rings. The van der Waals surface area contributed by atoms with Crippen LogP contribution in [0.4, 0.5) is 0 Å². The summed E-state index contributed by atoms with van der Waals surface area (Å²) in [5.74, 6) is -1.01. The van der Waals surface area contributed by atoms with Crippen LogP contribution in [0.5, 0.6) is 0 Å². The van der Waals surface area contributed by atoms with E-state index in [0.29, 0.717) is 12.1 Å². The zero-order chi connectivity index (χ0) is 10.3.